The molecule has 0 aliphatic carbocycles. The van der Waals surface area contributed by atoms with Gasteiger partial charge in [-0.1, -0.05) is 56.9 Å². The molecule has 13 heavy (non-hydrogen) atoms. The minimum atomic E-state index is 0.700. The summed E-state index contributed by atoms with van der Waals surface area (Å²) in [6.07, 6.45) is 13.3. The first-order valence-electron chi connectivity index (χ1n) is 4.81. The highest BCUT2D eigenvalue weighted by Gasteiger charge is 1.95. The van der Waals surface area contributed by atoms with Crippen LogP contribution in [0.1, 0.15) is 27.2 Å². The minimum Gasteiger partial charge on any atom is -0.0991 e. The summed E-state index contributed by atoms with van der Waals surface area (Å²) in [5.74, 6) is 0.700. The van der Waals surface area contributed by atoms with Crippen molar-refractivity contribution in [2.75, 3.05) is 0 Å². The summed E-state index contributed by atoms with van der Waals surface area (Å²) >= 11 is 0. The third kappa shape index (κ3) is 7.32. The zero-order chi connectivity index (χ0) is 10.1. The van der Waals surface area contributed by atoms with Gasteiger partial charge in [0.1, 0.15) is 0 Å². The Bertz CT molecular complexity index is 214. The first-order valence-corrected chi connectivity index (χ1v) is 4.81. The third-order valence-electron chi connectivity index (χ3n) is 1.59. The van der Waals surface area contributed by atoms with Crippen LogP contribution in [0.5, 0.6) is 0 Å². The minimum absolute atomic E-state index is 0.700. The van der Waals surface area contributed by atoms with E-state index < -0.39 is 0 Å². The van der Waals surface area contributed by atoms with Crippen molar-refractivity contribution < 1.29 is 0 Å². The molecule has 0 atom stereocenters. The Kier molecular flexibility index (Phi) is 6.99. The summed E-state index contributed by atoms with van der Waals surface area (Å²) in [6, 6.07) is 0. The SMILES string of the molecule is C=C\C=C/C(=C\C=C/C)CC(C)C. The van der Waals surface area contributed by atoms with Gasteiger partial charge in [0.05, 0.1) is 0 Å². The standard InChI is InChI=1S/C13H20/c1-5-7-9-13(10-8-6-2)11-12(3)4/h5-10,12H,1,11H2,2-4H3/b8-6-,9-7-,13-10+. The molecule has 0 aliphatic rings. The van der Waals surface area contributed by atoms with Crippen molar-refractivity contribution in [1.29, 1.82) is 0 Å². The van der Waals surface area contributed by atoms with E-state index in [0.29, 0.717) is 5.92 Å². The lowest BCUT2D eigenvalue weighted by Gasteiger charge is -2.04. The summed E-state index contributed by atoms with van der Waals surface area (Å²) in [6.45, 7) is 10.1. The molecule has 0 fully saturated rings. The van der Waals surface area contributed by atoms with Crippen LogP contribution < -0.4 is 0 Å². The van der Waals surface area contributed by atoms with E-state index in [2.05, 4.69) is 38.7 Å². The maximum Gasteiger partial charge on any atom is -0.0256 e. The first kappa shape index (κ1) is 12.0. The number of allylic oxidation sites excluding steroid dienone is 7. The van der Waals surface area contributed by atoms with E-state index in [1.807, 2.05) is 25.2 Å². The van der Waals surface area contributed by atoms with Crippen LogP contribution in [0.25, 0.3) is 0 Å². The van der Waals surface area contributed by atoms with Crippen LogP contribution in [0.15, 0.2) is 48.6 Å². The Labute approximate surface area is 82.4 Å². The lowest BCUT2D eigenvalue weighted by atomic mass is 10.0. The molecule has 0 heterocycles. The largest absolute Gasteiger partial charge is 0.0991 e. The van der Waals surface area contributed by atoms with Gasteiger partial charge in [0.25, 0.3) is 0 Å². The zero-order valence-electron chi connectivity index (χ0n) is 8.96. The molecular formula is C13H20. The van der Waals surface area contributed by atoms with Crippen LogP contribution in [0.3, 0.4) is 0 Å². The van der Waals surface area contributed by atoms with Crippen LogP contribution in [-0.2, 0) is 0 Å². The van der Waals surface area contributed by atoms with Gasteiger partial charge >= 0.3 is 0 Å². The van der Waals surface area contributed by atoms with Crippen molar-refractivity contribution in [3.63, 3.8) is 0 Å². The van der Waals surface area contributed by atoms with E-state index in [0.717, 1.165) is 6.42 Å². The Morgan fingerprint density at radius 3 is 2.46 bits per heavy atom. The Morgan fingerprint density at radius 2 is 2.00 bits per heavy atom. The molecule has 0 rings (SSSR count). The molecule has 0 radical (unpaired) electrons. The van der Waals surface area contributed by atoms with Gasteiger partial charge in [-0.3, -0.25) is 0 Å². The van der Waals surface area contributed by atoms with Gasteiger partial charge in [-0.15, -0.1) is 0 Å². The van der Waals surface area contributed by atoms with Gasteiger partial charge in [-0.25, -0.2) is 0 Å². The Morgan fingerprint density at radius 1 is 1.31 bits per heavy atom. The average Bonchev–Trinajstić information content (AvgIpc) is 2.09. The predicted octanol–water partition coefficient (Wildman–Crippen LogP) is 4.28. The normalized spacial score (nSPS) is 13.4. The lowest BCUT2D eigenvalue weighted by molar-refractivity contribution is 0.650. The lowest BCUT2D eigenvalue weighted by Crippen LogP contribution is -1.88. The molecule has 72 valence electrons. The Balaban J connectivity index is 4.35. The second-order valence-corrected chi connectivity index (χ2v) is 3.46. The molecule has 0 N–H and O–H groups in total. The van der Waals surface area contributed by atoms with Crippen LogP contribution in [0.4, 0.5) is 0 Å². The maximum atomic E-state index is 3.66. The molecule has 0 spiro atoms. The highest BCUT2D eigenvalue weighted by Crippen LogP contribution is 2.12. The second kappa shape index (κ2) is 7.60. The topological polar surface area (TPSA) is 0 Å². The summed E-state index contributed by atoms with van der Waals surface area (Å²) in [7, 11) is 0. The molecule has 0 saturated carbocycles. The molecule has 0 bridgehead atoms. The van der Waals surface area contributed by atoms with E-state index >= 15 is 0 Å². The highest BCUT2D eigenvalue weighted by atomic mass is 14.0. The van der Waals surface area contributed by atoms with Crippen molar-refractivity contribution in [2.24, 2.45) is 5.92 Å². The van der Waals surface area contributed by atoms with Gasteiger partial charge < -0.3 is 0 Å². The van der Waals surface area contributed by atoms with Crippen molar-refractivity contribution >= 4 is 0 Å². The molecular weight excluding hydrogens is 156 g/mol. The van der Waals surface area contributed by atoms with Crippen LogP contribution >= 0.6 is 0 Å². The number of hydrogen-bond donors (Lipinski definition) is 0. The highest BCUT2D eigenvalue weighted by molar-refractivity contribution is 5.25. The van der Waals surface area contributed by atoms with Gasteiger partial charge in [0, 0.05) is 0 Å². The molecule has 0 nitrogen and oxygen atoms in total. The zero-order valence-corrected chi connectivity index (χ0v) is 8.96. The van der Waals surface area contributed by atoms with E-state index in [9.17, 15) is 0 Å². The van der Waals surface area contributed by atoms with Crippen molar-refractivity contribution in [1.82, 2.24) is 0 Å². The fraction of sp³-hybridized carbons (Fsp3) is 0.385. The molecule has 0 aromatic rings. The smallest absolute Gasteiger partial charge is 0.0256 e. The molecule has 0 unspecified atom stereocenters. The molecule has 0 amide bonds. The molecule has 0 aliphatic heterocycles. The van der Waals surface area contributed by atoms with Gasteiger partial charge in [-0.05, 0) is 24.8 Å². The molecule has 0 aromatic carbocycles. The average molecular weight is 176 g/mol. The van der Waals surface area contributed by atoms with Crippen molar-refractivity contribution in [3.8, 4) is 0 Å². The van der Waals surface area contributed by atoms with E-state index in [4.69, 9.17) is 0 Å². The maximum absolute atomic E-state index is 3.66. The summed E-state index contributed by atoms with van der Waals surface area (Å²) in [4.78, 5) is 0. The van der Waals surface area contributed by atoms with Crippen LogP contribution in [0, 0.1) is 5.92 Å². The summed E-state index contributed by atoms with van der Waals surface area (Å²) in [5, 5.41) is 0. The molecule has 0 aromatic heterocycles. The van der Waals surface area contributed by atoms with Crippen molar-refractivity contribution in [2.45, 2.75) is 27.2 Å². The van der Waals surface area contributed by atoms with Gasteiger partial charge in [-0.2, -0.15) is 0 Å². The van der Waals surface area contributed by atoms with Crippen molar-refractivity contribution in [3.05, 3.63) is 48.6 Å². The number of rotatable bonds is 5. The van der Waals surface area contributed by atoms with Crippen LogP contribution in [0.2, 0.25) is 0 Å². The third-order valence-corrected chi connectivity index (χ3v) is 1.59. The second-order valence-electron chi connectivity index (χ2n) is 3.46. The fourth-order valence-electron chi connectivity index (χ4n) is 1.07. The van der Waals surface area contributed by atoms with Gasteiger partial charge in [0.2, 0.25) is 0 Å². The van der Waals surface area contributed by atoms with Gasteiger partial charge in [0.15, 0.2) is 0 Å². The molecule has 0 heteroatoms. The summed E-state index contributed by atoms with van der Waals surface area (Å²) in [5.41, 5.74) is 1.35. The van der Waals surface area contributed by atoms with E-state index in [-0.39, 0.29) is 0 Å². The predicted molar refractivity (Wildman–Crippen MR) is 61.7 cm³/mol. The Hall–Kier alpha value is -1.04. The first-order chi connectivity index (χ1) is 6.20. The summed E-state index contributed by atoms with van der Waals surface area (Å²) < 4.78 is 0. The monoisotopic (exact) mass is 176 g/mol. The van der Waals surface area contributed by atoms with Crippen LogP contribution in [-0.4, -0.2) is 0 Å². The molecule has 0 saturated heterocycles. The van der Waals surface area contributed by atoms with E-state index in [1.165, 1.54) is 5.57 Å². The van der Waals surface area contributed by atoms with E-state index in [1.54, 1.807) is 0 Å². The number of hydrogen-bond acceptors (Lipinski definition) is 0. The fourth-order valence-corrected chi connectivity index (χ4v) is 1.07. The quantitative estimate of drug-likeness (QED) is 0.548.